The maximum atomic E-state index is 12.6. The van der Waals surface area contributed by atoms with Crippen molar-refractivity contribution in [3.05, 3.63) is 50.7 Å². The summed E-state index contributed by atoms with van der Waals surface area (Å²) in [6.45, 7) is 2.66. The van der Waals surface area contributed by atoms with Crippen molar-refractivity contribution < 1.29 is 4.79 Å². The van der Waals surface area contributed by atoms with Crippen molar-refractivity contribution in [3.63, 3.8) is 0 Å². The maximum absolute atomic E-state index is 12.6. The summed E-state index contributed by atoms with van der Waals surface area (Å²) in [5, 5.41) is 8.22. The Morgan fingerprint density at radius 2 is 2.12 bits per heavy atom. The predicted octanol–water partition coefficient (Wildman–Crippen LogP) is 4.95. The fourth-order valence-electron chi connectivity index (χ4n) is 3.56. The van der Waals surface area contributed by atoms with Gasteiger partial charge in [-0.3, -0.25) is 9.48 Å². The third-order valence-corrected chi connectivity index (χ3v) is 5.45. The Kier molecular flexibility index (Phi) is 6.18. The van der Waals surface area contributed by atoms with Gasteiger partial charge in [-0.1, -0.05) is 47.3 Å². The van der Waals surface area contributed by atoms with Gasteiger partial charge in [-0.25, -0.2) is 0 Å². The highest BCUT2D eigenvalue weighted by Crippen LogP contribution is 2.30. The van der Waals surface area contributed by atoms with Crippen molar-refractivity contribution in [3.8, 4) is 0 Å². The highest BCUT2D eigenvalue weighted by molar-refractivity contribution is 9.10. The molecule has 2 aromatic rings. The summed E-state index contributed by atoms with van der Waals surface area (Å²) in [6.07, 6.45) is 8.12. The Bertz CT molecular complexity index is 733. The summed E-state index contributed by atoms with van der Waals surface area (Å²) in [5.41, 5.74) is 2.86. The predicted molar refractivity (Wildman–Crippen MR) is 104 cm³/mol. The van der Waals surface area contributed by atoms with E-state index in [0.717, 1.165) is 28.6 Å². The second-order valence-corrected chi connectivity index (χ2v) is 7.88. The van der Waals surface area contributed by atoms with Crippen molar-refractivity contribution >= 4 is 33.4 Å². The minimum atomic E-state index is -0.0396. The lowest BCUT2D eigenvalue weighted by molar-refractivity contribution is 0.0953. The molecule has 0 unspecified atom stereocenters. The minimum Gasteiger partial charge on any atom is -0.352 e. The molecular weight excluding hydrogens is 402 g/mol. The highest BCUT2D eigenvalue weighted by Gasteiger charge is 2.23. The molecule has 1 fully saturated rings. The molecule has 1 aromatic heterocycles. The summed E-state index contributed by atoms with van der Waals surface area (Å²) in [7, 11) is 0. The van der Waals surface area contributed by atoms with Crippen molar-refractivity contribution in [2.45, 2.75) is 51.5 Å². The fraction of sp³-hybridized carbons (Fsp3) is 0.474. The Morgan fingerprint density at radius 1 is 1.36 bits per heavy atom. The van der Waals surface area contributed by atoms with Gasteiger partial charge in [0, 0.05) is 16.0 Å². The van der Waals surface area contributed by atoms with Crippen LogP contribution in [0.25, 0.3) is 0 Å². The van der Waals surface area contributed by atoms with Gasteiger partial charge in [-0.05, 0) is 49.4 Å². The van der Waals surface area contributed by atoms with Crippen LogP contribution < -0.4 is 5.32 Å². The molecule has 1 heterocycles. The quantitative estimate of drug-likeness (QED) is 0.713. The van der Waals surface area contributed by atoms with Crippen molar-refractivity contribution in [1.82, 2.24) is 15.1 Å². The van der Waals surface area contributed by atoms with Crippen LogP contribution in [0.5, 0.6) is 0 Å². The van der Waals surface area contributed by atoms with Crippen LogP contribution in [-0.2, 0) is 12.8 Å². The molecule has 0 bridgehead atoms. The van der Waals surface area contributed by atoms with Gasteiger partial charge in [0.15, 0.2) is 0 Å². The number of nitrogens with one attached hydrogen (secondary N) is 1. The lowest BCUT2D eigenvalue weighted by Crippen LogP contribution is -2.26. The number of carbonyl (C=O) groups excluding carboxylic acids is 1. The van der Waals surface area contributed by atoms with E-state index >= 15 is 0 Å². The molecule has 1 saturated carbocycles. The first-order valence-electron chi connectivity index (χ1n) is 8.88. The van der Waals surface area contributed by atoms with Gasteiger partial charge in [0.25, 0.3) is 5.91 Å². The van der Waals surface area contributed by atoms with Gasteiger partial charge in [0.2, 0.25) is 0 Å². The Balaban J connectivity index is 1.63. The number of carbonyl (C=O) groups is 1. The number of amides is 1. The van der Waals surface area contributed by atoms with E-state index in [1.165, 1.54) is 25.7 Å². The Morgan fingerprint density at radius 3 is 2.80 bits per heavy atom. The molecule has 1 aromatic carbocycles. The number of hydrogen-bond acceptors (Lipinski definition) is 2. The number of aromatic nitrogens is 2. The van der Waals surface area contributed by atoms with Crippen molar-refractivity contribution in [2.24, 2.45) is 0 Å². The molecule has 3 rings (SSSR count). The largest absolute Gasteiger partial charge is 0.352 e. The van der Waals surface area contributed by atoms with Gasteiger partial charge >= 0.3 is 0 Å². The first-order valence-corrected chi connectivity index (χ1v) is 10.0. The van der Waals surface area contributed by atoms with Crippen LogP contribution in [0.1, 0.15) is 60.3 Å². The molecule has 1 N–H and O–H groups in total. The first-order chi connectivity index (χ1) is 12.1. The Labute approximate surface area is 162 Å². The van der Waals surface area contributed by atoms with Crippen LogP contribution >= 0.6 is 27.5 Å². The SMILES string of the molecule is CCc1c(C(=O)NCCc2cc(Cl)cc(Br)c2)cnn1C1CCCC1. The van der Waals surface area contributed by atoms with Crippen LogP contribution in [0.15, 0.2) is 28.9 Å². The number of rotatable bonds is 6. The van der Waals surface area contributed by atoms with Crippen LogP contribution in [0.3, 0.4) is 0 Å². The average molecular weight is 425 g/mol. The molecular formula is C19H23BrClN3O. The molecule has 0 radical (unpaired) electrons. The van der Waals surface area contributed by atoms with Crippen LogP contribution in [-0.4, -0.2) is 22.2 Å². The zero-order valence-electron chi connectivity index (χ0n) is 14.4. The number of halogens is 2. The zero-order valence-corrected chi connectivity index (χ0v) is 16.7. The van der Waals surface area contributed by atoms with Gasteiger partial charge < -0.3 is 5.32 Å². The van der Waals surface area contributed by atoms with E-state index in [0.29, 0.717) is 23.2 Å². The molecule has 25 heavy (non-hydrogen) atoms. The molecule has 134 valence electrons. The summed E-state index contributed by atoms with van der Waals surface area (Å²) in [4.78, 5) is 12.6. The van der Waals surface area contributed by atoms with E-state index in [1.54, 1.807) is 6.20 Å². The van der Waals surface area contributed by atoms with E-state index in [2.05, 4.69) is 38.0 Å². The molecule has 1 aliphatic rings. The smallest absolute Gasteiger partial charge is 0.254 e. The summed E-state index contributed by atoms with van der Waals surface area (Å²) < 4.78 is 3.03. The van der Waals surface area contributed by atoms with Gasteiger partial charge in [0.05, 0.1) is 23.5 Å². The van der Waals surface area contributed by atoms with E-state index in [-0.39, 0.29) is 5.91 Å². The van der Waals surface area contributed by atoms with E-state index < -0.39 is 0 Å². The average Bonchev–Trinajstić information content (AvgIpc) is 3.22. The summed E-state index contributed by atoms with van der Waals surface area (Å²) >= 11 is 9.51. The monoisotopic (exact) mass is 423 g/mol. The van der Waals surface area contributed by atoms with Crippen LogP contribution in [0.2, 0.25) is 5.02 Å². The zero-order chi connectivity index (χ0) is 17.8. The molecule has 0 saturated heterocycles. The standard InChI is InChI=1S/C19H23BrClN3O/c1-2-18-17(12-23-24(18)16-5-3-4-6-16)19(25)22-8-7-13-9-14(20)11-15(21)10-13/h9-12,16H,2-8H2,1H3,(H,22,25). The van der Waals surface area contributed by atoms with Gasteiger partial charge in [-0.15, -0.1) is 0 Å². The van der Waals surface area contributed by atoms with Crippen molar-refractivity contribution in [1.29, 1.82) is 0 Å². The van der Waals surface area contributed by atoms with Crippen LogP contribution in [0.4, 0.5) is 0 Å². The molecule has 6 heteroatoms. The second-order valence-electron chi connectivity index (χ2n) is 6.52. The third-order valence-electron chi connectivity index (χ3n) is 4.77. The molecule has 0 atom stereocenters. The van der Waals surface area contributed by atoms with Crippen LogP contribution in [0, 0.1) is 0 Å². The first kappa shape index (κ1) is 18.5. The Hall–Kier alpha value is -1.33. The van der Waals surface area contributed by atoms with E-state index in [4.69, 9.17) is 11.6 Å². The summed E-state index contributed by atoms with van der Waals surface area (Å²) in [6, 6.07) is 6.26. The van der Waals surface area contributed by atoms with E-state index in [1.807, 2.05) is 18.2 Å². The minimum absolute atomic E-state index is 0.0396. The molecule has 4 nitrogen and oxygen atoms in total. The normalized spacial score (nSPS) is 14.8. The van der Waals surface area contributed by atoms with E-state index in [9.17, 15) is 4.79 Å². The molecule has 0 spiro atoms. The van der Waals surface area contributed by atoms with Gasteiger partial charge in [-0.2, -0.15) is 5.10 Å². The number of hydrogen-bond donors (Lipinski definition) is 1. The maximum Gasteiger partial charge on any atom is 0.254 e. The molecule has 0 aliphatic heterocycles. The highest BCUT2D eigenvalue weighted by atomic mass is 79.9. The van der Waals surface area contributed by atoms with Crippen molar-refractivity contribution in [2.75, 3.05) is 6.54 Å². The lowest BCUT2D eigenvalue weighted by atomic mass is 10.1. The molecule has 1 aliphatic carbocycles. The number of benzene rings is 1. The molecule has 1 amide bonds. The fourth-order valence-corrected chi connectivity index (χ4v) is 4.49. The van der Waals surface area contributed by atoms with Gasteiger partial charge in [0.1, 0.15) is 0 Å². The lowest BCUT2D eigenvalue weighted by Gasteiger charge is -2.14. The second kappa shape index (κ2) is 8.37. The summed E-state index contributed by atoms with van der Waals surface area (Å²) in [5.74, 6) is -0.0396. The number of nitrogens with zero attached hydrogens (tertiary/aromatic N) is 2. The third kappa shape index (κ3) is 4.45. The topological polar surface area (TPSA) is 46.9 Å².